The number of hydrogen-bond acceptors (Lipinski definition) is 4. The Labute approximate surface area is 134 Å². The van der Waals surface area contributed by atoms with Crippen molar-refractivity contribution in [3.8, 4) is 0 Å². The van der Waals surface area contributed by atoms with Gasteiger partial charge in [0.15, 0.2) is 0 Å². The first-order chi connectivity index (χ1) is 10.3. The van der Waals surface area contributed by atoms with Gasteiger partial charge in [-0.3, -0.25) is 13.6 Å². The van der Waals surface area contributed by atoms with Gasteiger partial charge in [-0.1, -0.05) is 42.5 Å². The lowest BCUT2D eigenvalue weighted by Crippen LogP contribution is -2.17. The van der Waals surface area contributed by atoms with Gasteiger partial charge in [0.2, 0.25) is 0 Å². The molecule has 0 saturated heterocycles. The van der Waals surface area contributed by atoms with Crippen molar-refractivity contribution in [2.75, 3.05) is 0 Å². The molecule has 0 fully saturated rings. The summed E-state index contributed by atoms with van der Waals surface area (Å²) in [5.74, 6) is 0. The summed E-state index contributed by atoms with van der Waals surface area (Å²) in [6, 6.07) is 9.92. The zero-order chi connectivity index (χ0) is 16.6. The van der Waals surface area contributed by atoms with Crippen LogP contribution in [0.25, 0.3) is 0 Å². The molecular weight excluding hydrogens is 299 g/mol. The van der Waals surface area contributed by atoms with Crippen LogP contribution in [0.2, 0.25) is 0 Å². The average Bonchev–Trinajstić information content (AvgIpc) is 2.37. The maximum Gasteiger partial charge on any atom is 0.475 e. The van der Waals surface area contributed by atoms with E-state index in [1.807, 2.05) is 77.1 Å². The molecule has 124 valence electrons. The molecule has 0 aliphatic heterocycles. The number of rotatable bonds is 9. The minimum atomic E-state index is -3.61. The second-order valence-electron chi connectivity index (χ2n) is 5.61. The zero-order valence-corrected chi connectivity index (χ0v) is 15.0. The lowest BCUT2D eigenvalue weighted by molar-refractivity contribution is 0.0583. The Hall–Kier alpha value is -0.930. The van der Waals surface area contributed by atoms with Crippen molar-refractivity contribution < 1.29 is 18.1 Å². The summed E-state index contributed by atoms with van der Waals surface area (Å²) in [5, 5.41) is 0. The first-order valence-corrected chi connectivity index (χ1v) is 9.12. The van der Waals surface area contributed by atoms with Gasteiger partial charge >= 0.3 is 7.82 Å². The van der Waals surface area contributed by atoms with Crippen LogP contribution in [-0.4, -0.2) is 18.3 Å². The van der Waals surface area contributed by atoms with Crippen molar-refractivity contribution in [2.45, 2.75) is 59.4 Å². The summed E-state index contributed by atoms with van der Waals surface area (Å²) in [6.45, 7) is 9.13. The predicted octanol–water partition coefficient (Wildman–Crippen LogP) is 5.15. The van der Waals surface area contributed by atoms with Gasteiger partial charge in [0, 0.05) is 6.42 Å². The van der Waals surface area contributed by atoms with E-state index in [1.165, 1.54) is 0 Å². The Morgan fingerprint density at radius 2 is 1.55 bits per heavy atom. The molecule has 0 heterocycles. The normalized spacial score (nSPS) is 14.1. The van der Waals surface area contributed by atoms with Crippen molar-refractivity contribution in [1.82, 2.24) is 0 Å². The fourth-order valence-electron chi connectivity index (χ4n) is 1.96. The third-order valence-electron chi connectivity index (χ3n) is 2.63. The molecule has 0 aliphatic carbocycles. The Morgan fingerprint density at radius 3 is 2.00 bits per heavy atom. The highest BCUT2D eigenvalue weighted by Crippen LogP contribution is 2.53. The van der Waals surface area contributed by atoms with Crippen LogP contribution in [-0.2, 0) is 24.6 Å². The third-order valence-corrected chi connectivity index (χ3v) is 4.52. The van der Waals surface area contributed by atoms with Gasteiger partial charge in [-0.15, -0.1) is 0 Å². The van der Waals surface area contributed by atoms with Crippen molar-refractivity contribution in [1.29, 1.82) is 0 Å². The van der Waals surface area contributed by atoms with E-state index in [0.717, 1.165) is 5.56 Å². The number of allylic oxidation sites excluding steroid dienone is 1. The van der Waals surface area contributed by atoms with Crippen molar-refractivity contribution in [3.63, 3.8) is 0 Å². The van der Waals surface area contributed by atoms with E-state index in [4.69, 9.17) is 13.6 Å². The lowest BCUT2D eigenvalue weighted by atomic mass is 10.1. The van der Waals surface area contributed by atoms with Gasteiger partial charge in [0.25, 0.3) is 0 Å². The molecule has 0 unspecified atom stereocenters. The molecule has 22 heavy (non-hydrogen) atoms. The molecule has 1 rings (SSSR count). The van der Waals surface area contributed by atoms with Gasteiger partial charge in [-0.05, 0) is 40.2 Å². The van der Waals surface area contributed by atoms with Crippen LogP contribution in [0.4, 0.5) is 0 Å². The van der Waals surface area contributed by atoms with Gasteiger partial charge in [0.1, 0.15) is 0 Å². The Balaban J connectivity index is 2.87. The Morgan fingerprint density at radius 1 is 1.00 bits per heavy atom. The average molecular weight is 326 g/mol. The maximum atomic E-state index is 12.8. The molecule has 0 amide bonds. The van der Waals surface area contributed by atoms with E-state index in [-0.39, 0.29) is 18.3 Å². The highest BCUT2D eigenvalue weighted by atomic mass is 31.2. The molecule has 5 heteroatoms. The Bertz CT molecular complexity index is 483. The smallest absolute Gasteiger partial charge is 0.284 e. The topological polar surface area (TPSA) is 44.8 Å². The van der Waals surface area contributed by atoms with Gasteiger partial charge in [-0.25, -0.2) is 4.57 Å². The molecule has 0 aliphatic rings. The molecular formula is C17H27O4P. The van der Waals surface area contributed by atoms with Gasteiger partial charge in [-0.2, -0.15) is 0 Å². The lowest BCUT2D eigenvalue weighted by Gasteiger charge is -2.25. The molecule has 4 nitrogen and oxygen atoms in total. The Kier molecular flexibility index (Phi) is 8.05. The van der Waals surface area contributed by atoms with Crippen LogP contribution in [0.1, 0.15) is 40.2 Å². The highest BCUT2D eigenvalue weighted by molar-refractivity contribution is 7.48. The van der Waals surface area contributed by atoms with E-state index in [0.29, 0.717) is 6.42 Å². The van der Waals surface area contributed by atoms with Crippen LogP contribution >= 0.6 is 7.82 Å². The molecule has 0 radical (unpaired) electrons. The van der Waals surface area contributed by atoms with Crippen molar-refractivity contribution >= 4 is 7.82 Å². The number of phosphoric ester groups is 1. The van der Waals surface area contributed by atoms with E-state index < -0.39 is 7.82 Å². The van der Waals surface area contributed by atoms with Crippen LogP contribution in [0.3, 0.4) is 0 Å². The predicted molar refractivity (Wildman–Crippen MR) is 89.9 cm³/mol. The van der Waals surface area contributed by atoms with Crippen LogP contribution in [0.5, 0.6) is 0 Å². The molecule has 1 aromatic rings. The zero-order valence-electron chi connectivity index (χ0n) is 14.1. The molecule has 0 bridgehead atoms. The minimum absolute atomic E-state index is 0.243. The number of phosphoric acid groups is 1. The minimum Gasteiger partial charge on any atom is -0.284 e. The SMILES string of the molecule is C/C=C/[C@@H](Cc1ccccc1)OP(=O)(OC(C)C)OC(C)C. The second-order valence-corrected chi connectivity index (χ2v) is 7.14. The van der Waals surface area contributed by atoms with Crippen LogP contribution in [0, 0.1) is 0 Å². The summed E-state index contributed by atoms with van der Waals surface area (Å²) in [4.78, 5) is 0. The molecule has 1 atom stereocenters. The molecule has 0 saturated carbocycles. The highest BCUT2D eigenvalue weighted by Gasteiger charge is 2.32. The quantitative estimate of drug-likeness (QED) is 0.465. The van der Waals surface area contributed by atoms with E-state index in [9.17, 15) is 4.57 Å². The summed E-state index contributed by atoms with van der Waals surface area (Å²) in [6.07, 6.45) is 3.50. The van der Waals surface area contributed by atoms with E-state index >= 15 is 0 Å². The molecule has 0 spiro atoms. The van der Waals surface area contributed by atoms with Crippen molar-refractivity contribution in [3.05, 3.63) is 48.0 Å². The van der Waals surface area contributed by atoms with Gasteiger partial charge in [0.05, 0.1) is 18.3 Å². The standard InChI is InChI=1S/C17H27O4P/c1-6-10-17(13-16-11-8-7-9-12-16)21-22(18,19-14(2)3)20-15(4)5/h6-12,14-15,17H,13H2,1-5H3/b10-6+/t17-/m0/s1. The van der Waals surface area contributed by atoms with Gasteiger partial charge < -0.3 is 0 Å². The monoisotopic (exact) mass is 326 g/mol. The fraction of sp³-hybridized carbons (Fsp3) is 0.529. The molecule has 0 N–H and O–H groups in total. The number of hydrogen-bond donors (Lipinski definition) is 0. The van der Waals surface area contributed by atoms with Crippen LogP contribution < -0.4 is 0 Å². The van der Waals surface area contributed by atoms with E-state index in [1.54, 1.807) is 0 Å². The number of benzene rings is 1. The molecule has 1 aromatic carbocycles. The summed E-state index contributed by atoms with van der Waals surface area (Å²) >= 11 is 0. The second kappa shape index (κ2) is 9.26. The third kappa shape index (κ3) is 7.37. The van der Waals surface area contributed by atoms with E-state index in [2.05, 4.69) is 0 Å². The first kappa shape index (κ1) is 19.1. The van der Waals surface area contributed by atoms with Crippen LogP contribution in [0.15, 0.2) is 42.5 Å². The summed E-state index contributed by atoms with van der Waals surface area (Å²) in [5.41, 5.74) is 1.10. The largest absolute Gasteiger partial charge is 0.475 e. The van der Waals surface area contributed by atoms with Crippen molar-refractivity contribution in [2.24, 2.45) is 0 Å². The maximum absolute atomic E-state index is 12.8. The summed E-state index contributed by atoms with van der Waals surface area (Å²) in [7, 11) is -3.61. The summed E-state index contributed by atoms with van der Waals surface area (Å²) < 4.78 is 29.4. The first-order valence-electron chi connectivity index (χ1n) is 7.66. The molecule has 0 aromatic heterocycles. The fourth-order valence-corrected chi connectivity index (χ4v) is 3.62.